The Morgan fingerprint density at radius 3 is 2.82 bits per heavy atom. The van der Waals surface area contributed by atoms with Crippen LogP contribution in [0.4, 0.5) is 5.69 Å². The number of halogens is 1. The molecular weight excluding hydrogens is 255 g/mol. The SMILES string of the molecule is NNc1ccc(I)cc1C=O. The highest BCUT2D eigenvalue weighted by atomic mass is 127. The Kier molecular flexibility index (Phi) is 2.84. The number of aldehydes is 1. The van der Waals surface area contributed by atoms with Gasteiger partial charge in [-0.25, -0.2) is 0 Å². The fourth-order valence-electron chi connectivity index (χ4n) is 0.763. The molecule has 0 saturated heterocycles. The van der Waals surface area contributed by atoms with Crippen LogP contribution in [0.15, 0.2) is 18.2 Å². The van der Waals surface area contributed by atoms with Crippen LogP contribution in [-0.4, -0.2) is 6.29 Å². The van der Waals surface area contributed by atoms with Crippen LogP contribution in [0.2, 0.25) is 0 Å². The Balaban J connectivity index is 3.16. The third kappa shape index (κ3) is 1.90. The molecule has 1 rings (SSSR count). The summed E-state index contributed by atoms with van der Waals surface area (Å²) in [5.74, 6) is 5.16. The van der Waals surface area contributed by atoms with E-state index in [2.05, 4.69) is 28.0 Å². The Morgan fingerprint density at radius 2 is 2.27 bits per heavy atom. The molecule has 0 radical (unpaired) electrons. The molecule has 0 aromatic heterocycles. The molecule has 11 heavy (non-hydrogen) atoms. The molecule has 4 heteroatoms. The molecule has 0 bridgehead atoms. The van der Waals surface area contributed by atoms with Crippen molar-refractivity contribution in [1.82, 2.24) is 0 Å². The first-order valence-corrected chi connectivity index (χ1v) is 4.07. The van der Waals surface area contributed by atoms with Gasteiger partial charge in [-0.2, -0.15) is 0 Å². The van der Waals surface area contributed by atoms with E-state index in [9.17, 15) is 4.79 Å². The smallest absolute Gasteiger partial charge is 0.152 e. The second-order valence-electron chi connectivity index (χ2n) is 1.99. The predicted octanol–water partition coefficient (Wildman–Crippen LogP) is 1.39. The summed E-state index contributed by atoms with van der Waals surface area (Å²) in [4.78, 5) is 10.4. The Labute approximate surface area is 78.1 Å². The molecule has 0 aliphatic carbocycles. The highest BCUT2D eigenvalue weighted by Gasteiger charge is 1.98. The number of nitrogen functional groups attached to an aromatic ring is 1. The number of carbonyl (C=O) groups excluding carboxylic acids is 1. The van der Waals surface area contributed by atoms with Gasteiger partial charge in [0.25, 0.3) is 0 Å². The van der Waals surface area contributed by atoms with E-state index in [-0.39, 0.29) is 0 Å². The van der Waals surface area contributed by atoms with Gasteiger partial charge >= 0.3 is 0 Å². The van der Waals surface area contributed by atoms with Gasteiger partial charge in [0.2, 0.25) is 0 Å². The number of anilines is 1. The van der Waals surface area contributed by atoms with Crippen molar-refractivity contribution >= 4 is 34.6 Å². The number of hydrogen-bond acceptors (Lipinski definition) is 3. The van der Waals surface area contributed by atoms with Crippen LogP contribution in [0.3, 0.4) is 0 Å². The molecule has 0 spiro atoms. The van der Waals surface area contributed by atoms with Gasteiger partial charge in [0.15, 0.2) is 6.29 Å². The van der Waals surface area contributed by atoms with Gasteiger partial charge < -0.3 is 5.43 Å². The van der Waals surface area contributed by atoms with Crippen molar-refractivity contribution in [3.63, 3.8) is 0 Å². The maximum absolute atomic E-state index is 10.4. The van der Waals surface area contributed by atoms with Crippen LogP contribution >= 0.6 is 22.6 Å². The molecule has 0 atom stereocenters. The molecule has 3 N–H and O–H groups in total. The quantitative estimate of drug-likeness (QED) is 0.366. The number of nitrogens with one attached hydrogen (secondary N) is 1. The monoisotopic (exact) mass is 262 g/mol. The average Bonchev–Trinajstić information content (AvgIpc) is 2.04. The van der Waals surface area contributed by atoms with Crippen molar-refractivity contribution in [3.8, 4) is 0 Å². The highest BCUT2D eigenvalue weighted by molar-refractivity contribution is 14.1. The van der Waals surface area contributed by atoms with E-state index in [0.717, 1.165) is 9.86 Å². The van der Waals surface area contributed by atoms with Crippen molar-refractivity contribution in [2.24, 2.45) is 5.84 Å². The van der Waals surface area contributed by atoms with Crippen LogP contribution in [0.25, 0.3) is 0 Å². The first-order chi connectivity index (χ1) is 5.27. The van der Waals surface area contributed by atoms with Gasteiger partial charge in [-0.1, -0.05) is 0 Å². The molecule has 58 valence electrons. The molecule has 0 aliphatic rings. The summed E-state index contributed by atoms with van der Waals surface area (Å²) in [5, 5.41) is 0. The zero-order chi connectivity index (χ0) is 8.27. The van der Waals surface area contributed by atoms with E-state index >= 15 is 0 Å². The number of benzene rings is 1. The molecule has 0 aliphatic heterocycles. The van der Waals surface area contributed by atoms with Crippen LogP contribution in [0.1, 0.15) is 10.4 Å². The summed E-state index contributed by atoms with van der Waals surface area (Å²) in [6, 6.07) is 5.41. The third-order valence-corrected chi connectivity index (χ3v) is 1.97. The molecule has 0 heterocycles. The summed E-state index contributed by atoms with van der Waals surface area (Å²) in [6.45, 7) is 0. The van der Waals surface area contributed by atoms with E-state index in [0.29, 0.717) is 11.3 Å². The molecule has 3 nitrogen and oxygen atoms in total. The van der Waals surface area contributed by atoms with E-state index in [4.69, 9.17) is 5.84 Å². The molecule has 0 saturated carbocycles. The van der Waals surface area contributed by atoms with Gasteiger partial charge in [0.05, 0.1) is 5.69 Å². The number of carbonyl (C=O) groups is 1. The molecule has 1 aromatic rings. The lowest BCUT2D eigenvalue weighted by atomic mass is 10.2. The minimum absolute atomic E-state index is 0.583. The zero-order valence-electron chi connectivity index (χ0n) is 5.67. The van der Waals surface area contributed by atoms with Gasteiger partial charge in [0.1, 0.15) is 0 Å². The fourth-order valence-corrected chi connectivity index (χ4v) is 1.28. The molecule has 1 aromatic carbocycles. The lowest BCUT2D eigenvalue weighted by Crippen LogP contribution is -2.08. The lowest BCUT2D eigenvalue weighted by molar-refractivity contribution is 0.112. The zero-order valence-corrected chi connectivity index (χ0v) is 7.83. The molecule has 0 unspecified atom stereocenters. The number of hydrogen-bond donors (Lipinski definition) is 2. The van der Waals surface area contributed by atoms with Gasteiger partial charge in [0, 0.05) is 9.13 Å². The Bertz CT molecular complexity index is 275. The summed E-state index contributed by atoms with van der Waals surface area (Å²) in [7, 11) is 0. The van der Waals surface area contributed by atoms with Crippen LogP contribution in [0, 0.1) is 3.57 Å². The second kappa shape index (κ2) is 3.68. The van der Waals surface area contributed by atoms with Crippen LogP contribution in [0.5, 0.6) is 0 Å². The number of hydrazine groups is 1. The van der Waals surface area contributed by atoms with Crippen molar-refractivity contribution < 1.29 is 4.79 Å². The van der Waals surface area contributed by atoms with Crippen LogP contribution < -0.4 is 11.3 Å². The topological polar surface area (TPSA) is 55.1 Å². The minimum Gasteiger partial charge on any atom is -0.323 e. The average molecular weight is 262 g/mol. The van der Waals surface area contributed by atoms with E-state index in [1.54, 1.807) is 12.1 Å². The maximum atomic E-state index is 10.4. The largest absolute Gasteiger partial charge is 0.323 e. The second-order valence-corrected chi connectivity index (χ2v) is 3.24. The molecular formula is C7H7IN2O. The van der Waals surface area contributed by atoms with Crippen LogP contribution in [-0.2, 0) is 0 Å². The standard InChI is InChI=1S/C7H7IN2O/c8-6-1-2-7(10-9)5(3-6)4-11/h1-4,10H,9H2. The summed E-state index contributed by atoms with van der Waals surface area (Å²) in [5.41, 5.74) is 3.68. The number of nitrogens with two attached hydrogens (primary N) is 1. The number of rotatable bonds is 2. The fraction of sp³-hybridized carbons (Fsp3) is 0. The van der Waals surface area contributed by atoms with E-state index in [1.807, 2.05) is 6.07 Å². The first-order valence-electron chi connectivity index (χ1n) is 2.99. The first kappa shape index (κ1) is 8.48. The normalized spacial score (nSPS) is 9.27. The highest BCUT2D eigenvalue weighted by Crippen LogP contribution is 2.15. The van der Waals surface area contributed by atoms with Gasteiger partial charge in [-0.3, -0.25) is 10.6 Å². The van der Waals surface area contributed by atoms with E-state index in [1.165, 1.54) is 0 Å². The Hall–Kier alpha value is -0.620. The van der Waals surface area contributed by atoms with Crippen molar-refractivity contribution in [1.29, 1.82) is 0 Å². The van der Waals surface area contributed by atoms with Gasteiger partial charge in [-0.15, -0.1) is 0 Å². The third-order valence-electron chi connectivity index (χ3n) is 1.30. The lowest BCUT2D eigenvalue weighted by Gasteiger charge is -2.02. The van der Waals surface area contributed by atoms with Crippen molar-refractivity contribution in [3.05, 3.63) is 27.3 Å². The van der Waals surface area contributed by atoms with E-state index < -0.39 is 0 Å². The molecule has 0 amide bonds. The maximum Gasteiger partial charge on any atom is 0.152 e. The minimum atomic E-state index is 0.583. The van der Waals surface area contributed by atoms with Gasteiger partial charge in [-0.05, 0) is 40.8 Å². The predicted molar refractivity (Wildman–Crippen MR) is 52.4 cm³/mol. The Morgan fingerprint density at radius 1 is 1.55 bits per heavy atom. The summed E-state index contributed by atoms with van der Waals surface area (Å²) >= 11 is 2.13. The van der Waals surface area contributed by atoms with Crippen molar-refractivity contribution in [2.75, 3.05) is 5.43 Å². The summed E-state index contributed by atoms with van der Waals surface area (Å²) in [6.07, 6.45) is 0.775. The summed E-state index contributed by atoms with van der Waals surface area (Å²) < 4.78 is 1.02. The molecule has 0 fully saturated rings. The van der Waals surface area contributed by atoms with Crippen molar-refractivity contribution in [2.45, 2.75) is 0 Å².